The third-order valence-electron chi connectivity index (χ3n) is 3.81. The monoisotopic (exact) mass is 330 g/mol. The molecule has 0 radical (unpaired) electrons. The van der Waals surface area contributed by atoms with Crippen LogP contribution in [0, 0.1) is 0 Å². The molecule has 0 atom stereocenters. The maximum absolute atomic E-state index is 12.7. The summed E-state index contributed by atoms with van der Waals surface area (Å²) in [4.78, 5) is 25.2. The van der Waals surface area contributed by atoms with E-state index < -0.39 is 15.6 Å². The summed E-state index contributed by atoms with van der Waals surface area (Å²) in [5, 5.41) is 0. The topological polar surface area (TPSA) is 77.5 Å². The predicted molar refractivity (Wildman–Crippen MR) is 83.7 cm³/mol. The number of sulfone groups is 1. The van der Waals surface area contributed by atoms with Gasteiger partial charge in [-0.3, -0.25) is 9.59 Å². The average Bonchev–Trinajstić information content (AvgIpc) is 2.57. The Balaban J connectivity index is 2.23. The van der Waals surface area contributed by atoms with Gasteiger partial charge in [-0.05, 0) is 6.07 Å². The van der Waals surface area contributed by atoms with E-state index in [4.69, 9.17) is 4.74 Å². The van der Waals surface area contributed by atoms with Gasteiger partial charge in [0.25, 0.3) is 0 Å². The van der Waals surface area contributed by atoms with Crippen LogP contribution in [0.1, 0.15) is 31.8 Å². The highest BCUT2D eigenvalue weighted by molar-refractivity contribution is 7.91. The molecule has 0 fully saturated rings. The van der Waals surface area contributed by atoms with Crippen LogP contribution in [0.3, 0.4) is 0 Å². The summed E-state index contributed by atoms with van der Waals surface area (Å²) >= 11 is 0. The lowest BCUT2D eigenvalue weighted by Crippen LogP contribution is -2.24. The fourth-order valence-electron chi connectivity index (χ4n) is 2.68. The zero-order valence-electron chi connectivity index (χ0n) is 12.4. The Morgan fingerprint density at radius 3 is 2.13 bits per heavy atom. The van der Waals surface area contributed by atoms with Crippen LogP contribution in [0.25, 0.3) is 0 Å². The molecular formula is C17H14O5S. The second-order valence-corrected chi connectivity index (χ2v) is 7.27. The molecule has 3 rings (SSSR count). The van der Waals surface area contributed by atoms with Crippen molar-refractivity contribution >= 4 is 21.4 Å². The van der Waals surface area contributed by atoms with Crippen molar-refractivity contribution in [3.8, 4) is 0 Å². The fourth-order valence-corrected chi connectivity index (χ4v) is 4.08. The van der Waals surface area contributed by atoms with Gasteiger partial charge in [0.2, 0.25) is 0 Å². The summed E-state index contributed by atoms with van der Waals surface area (Å²) < 4.78 is 29.8. The molecule has 5 nitrogen and oxygen atoms in total. The Hall–Kier alpha value is -2.31. The highest BCUT2D eigenvalue weighted by atomic mass is 32.2. The molecule has 23 heavy (non-hydrogen) atoms. The van der Waals surface area contributed by atoms with Crippen LogP contribution in [-0.2, 0) is 14.6 Å². The summed E-state index contributed by atoms with van der Waals surface area (Å²) in [7, 11) is -2.32. The minimum atomic E-state index is -3.72. The van der Waals surface area contributed by atoms with E-state index in [1.54, 1.807) is 18.2 Å². The number of fused-ring (bicyclic) bond motifs is 2. The third kappa shape index (κ3) is 2.50. The molecule has 0 saturated carbocycles. The molecule has 0 spiro atoms. The van der Waals surface area contributed by atoms with Crippen LogP contribution in [0.2, 0.25) is 0 Å². The molecule has 118 valence electrons. The number of carbonyl (C=O) groups excluding carboxylic acids is 2. The summed E-state index contributed by atoms with van der Waals surface area (Å²) in [6.45, 7) is 0.0186. The number of carbonyl (C=O) groups is 2. The van der Waals surface area contributed by atoms with Crippen molar-refractivity contribution in [2.45, 2.75) is 4.90 Å². The molecule has 0 aromatic heterocycles. The standard InChI is InChI=1S/C17H14O5S/c1-22-9-10-23(20,21)14-8-4-7-13-15(14)17(19)12-6-3-2-5-11(12)16(13)18/h2-8H,9-10H2,1H3. The van der Waals surface area contributed by atoms with Crippen LogP contribution >= 0.6 is 0 Å². The van der Waals surface area contributed by atoms with Gasteiger partial charge in [-0.25, -0.2) is 8.42 Å². The zero-order valence-corrected chi connectivity index (χ0v) is 13.2. The maximum atomic E-state index is 12.7. The molecule has 0 aliphatic heterocycles. The summed E-state index contributed by atoms with van der Waals surface area (Å²) in [5.74, 6) is -1.02. The van der Waals surface area contributed by atoms with Crippen molar-refractivity contribution in [2.24, 2.45) is 0 Å². The Morgan fingerprint density at radius 1 is 0.870 bits per heavy atom. The van der Waals surface area contributed by atoms with Gasteiger partial charge in [-0.1, -0.05) is 36.4 Å². The normalized spacial score (nSPS) is 13.6. The molecule has 2 aromatic carbocycles. The van der Waals surface area contributed by atoms with Crippen molar-refractivity contribution in [1.29, 1.82) is 0 Å². The smallest absolute Gasteiger partial charge is 0.195 e. The largest absolute Gasteiger partial charge is 0.384 e. The van der Waals surface area contributed by atoms with Crippen LogP contribution < -0.4 is 0 Å². The third-order valence-corrected chi connectivity index (χ3v) is 5.52. The van der Waals surface area contributed by atoms with Gasteiger partial charge in [0.1, 0.15) is 0 Å². The molecular weight excluding hydrogens is 316 g/mol. The van der Waals surface area contributed by atoms with Crippen LogP contribution in [-0.4, -0.2) is 39.5 Å². The van der Waals surface area contributed by atoms with E-state index in [1.165, 1.54) is 31.4 Å². The predicted octanol–water partition coefficient (Wildman–Crippen LogP) is 1.88. The number of methoxy groups -OCH3 is 1. The number of ether oxygens (including phenoxy) is 1. The van der Waals surface area contributed by atoms with Crippen molar-refractivity contribution in [1.82, 2.24) is 0 Å². The van der Waals surface area contributed by atoms with E-state index in [2.05, 4.69) is 0 Å². The van der Waals surface area contributed by atoms with E-state index in [0.717, 1.165) is 0 Å². The van der Waals surface area contributed by atoms with Crippen LogP contribution in [0.5, 0.6) is 0 Å². The quantitative estimate of drug-likeness (QED) is 0.730. The molecule has 0 unspecified atom stereocenters. The molecule has 0 amide bonds. The number of benzene rings is 2. The van der Waals surface area contributed by atoms with E-state index >= 15 is 0 Å². The van der Waals surface area contributed by atoms with Gasteiger partial charge < -0.3 is 4.74 Å². The SMILES string of the molecule is COCCS(=O)(=O)c1cccc2c1C(=O)c1ccccc1C2=O. The minimum absolute atomic E-state index is 0.0186. The summed E-state index contributed by atoms with van der Waals surface area (Å²) in [5.41, 5.74) is 0.635. The maximum Gasteiger partial charge on any atom is 0.195 e. The number of rotatable bonds is 4. The van der Waals surface area contributed by atoms with Crippen molar-refractivity contribution in [2.75, 3.05) is 19.5 Å². The number of ketones is 2. The van der Waals surface area contributed by atoms with Gasteiger partial charge in [0.15, 0.2) is 21.4 Å². The Morgan fingerprint density at radius 2 is 1.48 bits per heavy atom. The molecule has 0 N–H and O–H groups in total. The molecule has 0 bridgehead atoms. The lowest BCUT2D eigenvalue weighted by molar-refractivity contribution is 0.0976. The van der Waals surface area contributed by atoms with Crippen molar-refractivity contribution in [3.05, 3.63) is 64.7 Å². The number of hydrogen-bond acceptors (Lipinski definition) is 5. The molecule has 1 aliphatic rings. The first-order valence-electron chi connectivity index (χ1n) is 7.00. The minimum Gasteiger partial charge on any atom is -0.384 e. The van der Waals surface area contributed by atoms with Crippen molar-refractivity contribution in [3.63, 3.8) is 0 Å². The molecule has 2 aromatic rings. The molecule has 0 heterocycles. The second kappa shape index (κ2) is 5.72. The first-order valence-corrected chi connectivity index (χ1v) is 8.65. The van der Waals surface area contributed by atoms with E-state index in [9.17, 15) is 18.0 Å². The van der Waals surface area contributed by atoms with Gasteiger partial charge >= 0.3 is 0 Å². The highest BCUT2D eigenvalue weighted by Gasteiger charge is 2.34. The first-order chi connectivity index (χ1) is 11.0. The molecule has 0 saturated heterocycles. The van der Waals surface area contributed by atoms with Crippen LogP contribution in [0.15, 0.2) is 47.4 Å². The Kier molecular flexibility index (Phi) is 3.87. The highest BCUT2D eigenvalue weighted by Crippen LogP contribution is 2.31. The Labute approximate surface area is 133 Å². The lowest BCUT2D eigenvalue weighted by atomic mass is 9.84. The van der Waals surface area contributed by atoms with E-state index in [-0.39, 0.29) is 39.7 Å². The van der Waals surface area contributed by atoms with Crippen molar-refractivity contribution < 1.29 is 22.7 Å². The van der Waals surface area contributed by atoms with E-state index in [1.807, 2.05) is 0 Å². The van der Waals surface area contributed by atoms with E-state index in [0.29, 0.717) is 5.56 Å². The second-order valence-electron chi connectivity index (χ2n) is 5.19. The molecule has 6 heteroatoms. The number of hydrogen-bond donors (Lipinski definition) is 0. The average molecular weight is 330 g/mol. The first kappa shape index (κ1) is 15.6. The Bertz CT molecular complexity index is 912. The summed E-state index contributed by atoms with van der Waals surface area (Å²) in [6.07, 6.45) is 0. The van der Waals surface area contributed by atoms with Gasteiger partial charge in [-0.2, -0.15) is 0 Å². The zero-order chi connectivity index (χ0) is 16.6. The van der Waals surface area contributed by atoms with Gasteiger partial charge in [0, 0.05) is 23.8 Å². The molecule has 1 aliphatic carbocycles. The van der Waals surface area contributed by atoms with Gasteiger partial charge in [0.05, 0.1) is 22.8 Å². The van der Waals surface area contributed by atoms with Crippen LogP contribution in [0.4, 0.5) is 0 Å². The van der Waals surface area contributed by atoms with Gasteiger partial charge in [-0.15, -0.1) is 0 Å². The lowest BCUT2D eigenvalue weighted by Gasteiger charge is -2.19. The fraction of sp³-hybridized carbons (Fsp3) is 0.176. The summed E-state index contributed by atoms with van der Waals surface area (Å²) in [6, 6.07) is 10.8.